The lowest BCUT2D eigenvalue weighted by Gasteiger charge is -2.05. The van der Waals surface area contributed by atoms with Gasteiger partial charge < -0.3 is 4.74 Å². The molecule has 0 N–H and O–H groups in total. The van der Waals surface area contributed by atoms with Gasteiger partial charge in [0.25, 0.3) is 0 Å². The van der Waals surface area contributed by atoms with Crippen LogP contribution < -0.4 is 4.74 Å². The fourth-order valence-corrected chi connectivity index (χ4v) is 1.26. The van der Waals surface area contributed by atoms with Crippen LogP contribution in [-0.2, 0) is 0 Å². The molecule has 0 saturated carbocycles. The molecule has 0 aromatic heterocycles. The van der Waals surface area contributed by atoms with Crippen LogP contribution in [0.15, 0.2) is 30.3 Å². The van der Waals surface area contributed by atoms with Crippen molar-refractivity contribution in [1.29, 1.82) is 0 Å². The standard InChI is InChI=1S/C11H13BrO/c1-2-13-11-8-4-3-6-10(11)7-5-9-12/h3-8H,2,9H2,1H3. The van der Waals surface area contributed by atoms with Gasteiger partial charge in [-0.1, -0.05) is 46.3 Å². The van der Waals surface area contributed by atoms with E-state index < -0.39 is 0 Å². The Morgan fingerprint density at radius 3 is 2.85 bits per heavy atom. The van der Waals surface area contributed by atoms with Gasteiger partial charge in [-0.05, 0) is 13.0 Å². The van der Waals surface area contributed by atoms with Gasteiger partial charge in [0.15, 0.2) is 0 Å². The van der Waals surface area contributed by atoms with Crippen molar-refractivity contribution >= 4 is 22.0 Å². The Bertz CT molecular complexity index is 281. The van der Waals surface area contributed by atoms with Crippen LogP contribution in [0.2, 0.25) is 0 Å². The van der Waals surface area contributed by atoms with Crippen LogP contribution in [-0.4, -0.2) is 11.9 Å². The second kappa shape index (κ2) is 5.81. The average Bonchev–Trinajstić information content (AvgIpc) is 2.17. The molecule has 1 rings (SSSR count). The van der Waals surface area contributed by atoms with Gasteiger partial charge in [0.1, 0.15) is 5.75 Å². The normalized spacial score (nSPS) is 10.6. The zero-order chi connectivity index (χ0) is 9.52. The lowest BCUT2D eigenvalue weighted by Crippen LogP contribution is -1.93. The van der Waals surface area contributed by atoms with Gasteiger partial charge in [-0.2, -0.15) is 0 Å². The molecular weight excluding hydrogens is 228 g/mol. The fourth-order valence-electron chi connectivity index (χ4n) is 1.08. The van der Waals surface area contributed by atoms with E-state index in [4.69, 9.17) is 4.74 Å². The van der Waals surface area contributed by atoms with Gasteiger partial charge in [-0.3, -0.25) is 0 Å². The second-order valence-corrected chi connectivity index (χ2v) is 3.17. The monoisotopic (exact) mass is 240 g/mol. The first kappa shape index (κ1) is 10.3. The van der Waals surface area contributed by atoms with Crippen molar-refractivity contribution in [1.82, 2.24) is 0 Å². The van der Waals surface area contributed by atoms with Gasteiger partial charge in [0, 0.05) is 10.9 Å². The van der Waals surface area contributed by atoms with Crippen LogP contribution in [0.3, 0.4) is 0 Å². The third-order valence-electron chi connectivity index (χ3n) is 1.61. The Kier molecular flexibility index (Phi) is 4.61. The van der Waals surface area contributed by atoms with E-state index in [2.05, 4.69) is 28.1 Å². The molecule has 0 aliphatic rings. The van der Waals surface area contributed by atoms with Gasteiger partial charge in [0.2, 0.25) is 0 Å². The van der Waals surface area contributed by atoms with Crippen molar-refractivity contribution in [2.24, 2.45) is 0 Å². The molecule has 0 heterocycles. The maximum absolute atomic E-state index is 5.47. The summed E-state index contributed by atoms with van der Waals surface area (Å²) < 4.78 is 5.47. The summed E-state index contributed by atoms with van der Waals surface area (Å²) in [5, 5.41) is 0.869. The highest BCUT2D eigenvalue weighted by molar-refractivity contribution is 9.09. The molecule has 0 saturated heterocycles. The molecule has 0 amide bonds. The van der Waals surface area contributed by atoms with E-state index in [1.807, 2.05) is 31.2 Å². The number of ether oxygens (including phenoxy) is 1. The number of hydrogen-bond acceptors (Lipinski definition) is 1. The van der Waals surface area contributed by atoms with Crippen molar-refractivity contribution in [3.05, 3.63) is 35.9 Å². The van der Waals surface area contributed by atoms with E-state index in [1.54, 1.807) is 0 Å². The van der Waals surface area contributed by atoms with E-state index in [0.717, 1.165) is 16.6 Å². The Morgan fingerprint density at radius 1 is 1.38 bits per heavy atom. The third kappa shape index (κ3) is 3.23. The minimum absolute atomic E-state index is 0.708. The highest BCUT2D eigenvalue weighted by atomic mass is 79.9. The number of rotatable bonds is 4. The van der Waals surface area contributed by atoms with E-state index in [9.17, 15) is 0 Å². The molecular formula is C11H13BrO. The minimum Gasteiger partial charge on any atom is -0.493 e. The lowest BCUT2D eigenvalue weighted by atomic mass is 10.2. The number of para-hydroxylation sites is 1. The van der Waals surface area contributed by atoms with Crippen LogP contribution in [0.4, 0.5) is 0 Å². The summed E-state index contributed by atoms with van der Waals surface area (Å²) in [5.74, 6) is 0.946. The van der Waals surface area contributed by atoms with Crippen LogP contribution in [0.5, 0.6) is 5.75 Å². The number of benzene rings is 1. The molecule has 1 nitrogen and oxygen atoms in total. The van der Waals surface area contributed by atoms with Crippen molar-refractivity contribution in [3.8, 4) is 5.75 Å². The lowest BCUT2D eigenvalue weighted by molar-refractivity contribution is 0.339. The zero-order valence-electron chi connectivity index (χ0n) is 7.66. The van der Waals surface area contributed by atoms with Crippen molar-refractivity contribution in [2.45, 2.75) is 6.92 Å². The van der Waals surface area contributed by atoms with Crippen LogP contribution >= 0.6 is 15.9 Å². The molecule has 70 valence electrons. The molecule has 0 aliphatic heterocycles. The molecule has 0 atom stereocenters. The molecule has 0 fully saturated rings. The SMILES string of the molecule is CCOc1ccccc1C=CCBr. The van der Waals surface area contributed by atoms with Crippen molar-refractivity contribution < 1.29 is 4.74 Å². The topological polar surface area (TPSA) is 9.23 Å². The highest BCUT2D eigenvalue weighted by Crippen LogP contribution is 2.19. The van der Waals surface area contributed by atoms with Crippen LogP contribution in [0.1, 0.15) is 12.5 Å². The summed E-state index contributed by atoms with van der Waals surface area (Å²) in [6, 6.07) is 8.02. The van der Waals surface area contributed by atoms with Crippen LogP contribution in [0, 0.1) is 0 Å². The first-order chi connectivity index (χ1) is 6.38. The summed E-state index contributed by atoms with van der Waals surface area (Å²) in [5.41, 5.74) is 1.13. The number of alkyl halides is 1. The molecule has 0 unspecified atom stereocenters. The van der Waals surface area contributed by atoms with Crippen molar-refractivity contribution in [3.63, 3.8) is 0 Å². The first-order valence-corrected chi connectivity index (χ1v) is 5.45. The van der Waals surface area contributed by atoms with Gasteiger partial charge in [0.05, 0.1) is 6.61 Å². The predicted octanol–water partition coefficient (Wildman–Crippen LogP) is 3.49. The Labute approximate surface area is 87.5 Å². The molecule has 1 aromatic rings. The van der Waals surface area contributed by atoms with E-state index in [0.29, 0.717) is 6.61 Å². The highest BCUT2D eigenvalue weighted by Gasteiger charge is 1.96. The first-order valence-electron chi connectivity index (χ1n) is 4.32. The minimum atomic E-state index is 0.708. The summed E-state index contributed by atoms with van der Waals surface area (Å²) in [7, 11) is 0. The molecule has 1 aromatic carbocycles. The molecule has 0 radical (unpaired) electrons. The van der Waals surface area contributed by atoms with Gasteiger partial charge >= 0.3 is 0 Å². The summed E-state index contributed by atoms with van der Waals surface area (Å²) >= 11 is 3.34. The number of halogens is 1. The van der Waals surface area contributed by atoms with E-state index in [-0.39, 0.29) is 0 Å². The van der Waals surface area contributed by atoms with E-state index in [1.165, 1.54) is 0 Å². The maximum atomic E-state index is 5.47. The molecule has 0 bridgehead atoms. The zero-order valence-corrected chi connectivity index (χ0v) is 9.25. The fraction of sp³-hybridized carbons (Fsp3) is 0.273. The average molecular weight is 241 g/mol. The molecule has 13 heavy (non-hydrogen) atoms. The quantitative estimate of drug-likeness (QED) is 0.733. The van der Waals surface area contributed by atoms with Crippen molar-refractivity contribution in [2.75, 3.05) is 11.9 Å². The predicted molar refractivity (Wildman–Crippen MR) is 60.4 cm³/mol. The Morgan fingerprint density at radius 2 is 2.15 bits per heavy atom. The third-order valence-corrected chi connectivity index (χ3v) is 1.98. The largest absolute Gasteiger partial charge is 0.493 e. The van der Waals surface area contributed by atoms with Crippen LogP contribution in [0.25, 0.3) is 6.08 Å². The Balaban J connectivity index is 2.84. The molecule has 0 spiro atoms. The summed E-state index contributed by atoms with van der Waals surface area (Å²) in [6.07, 6.45) is 4.11. The summed E-state index contributed by atoms with van der Waals surface area (Å²) in [6.45, 7) is 2.70. The second-order valence-electron chi connectivity index (χ2n) is 2.53. The summed E-state index contributed by atoms with van der Waals surface area (Å²) in [4.78, 5) is 0. The molecule has 0 aliphatic carbocycles. The Hall–Kier alpha value is -0.760. The smallest absolute Gasteiger partial charge is 0.126 e. The molecule has 2 heteroatoms. The number of hydrogen-bond donors (Lipinski definition) is 0. The van der Waals surface area contributed by atoms with E-state index >= 15 is 0 Å². The van der Waals surface area contributed by atoms with Gasteiger partial charge in [-0.15, -0.1) is 0 Å². The van der Waals surface area contributed by atoms with Gasteiger partial charge in [-0.25, -0.2) is 0 Å². The maximum Gasteiger partial charge on any atom is 0.126 e. The number of allylic oxidation sites excluding steroid dienone is 1.